The highest BCUT2D eigenvalue weighted by Crippen LogP contribution is 2.25. The molecule has 0 bridgehead atoms. The van der Waals surface area contributed by atoms with E-state index in [0.717, 1.165) is 16.9 Å². The van der Waals surface area contributed by atoms with Crippen molar-refractivity contribution in [3.63, 3.8) is 0 Å². The number of rotatable bonds is 3. The van der Waals surface area contributed by atoms with E-state index in [4.69, 9.17) is 27.7 Å². The molecule has 0 radical (unpaired) electrons. The first-order valence-electron chi connectivity index (χ1n) is 5.24. The SMILES string of the molecule is ClCc1nc2cccc(Cl)c2n1Cc1ncon1. The molecule has 0 fully saturated rings. The summed E-state index contributed by atoms with van der Waals surface area (Å²) in [7, 11) is 0. The van der Waals surface area contributed by atoms with Crippen molar-refractivity contribution in [2.75, 3.05) is 0 Å². The van der Waals surface area contributed by atoms with Gasteiger partial charge in [-0.2, -0.15) is 4.98 Å². The van der Waals surface area contributed by atoms with E-state index < -0.39 is 0 Å². The maximum absolute atomic E-state index is 6.20. The Hall–Kier alpha value is -1.59. The second kappa shape index (κ2) is 4.59. The molecule has 5 nitrogen and oxygen atoms in total. The lowest BCUT2D eigenvalue weighted by Gasteiger charge is -2.05. The van der Waals surface area contributed by atoms with Gasteiger partial charge in [-0.3, -0.25) is 0 Å². The van der Waals surface area contributed by atoms with Crippen LogP contribution >= 0.6 is 23.2 Å². The molecule has 0 aliphatic rings. The summed E-state index contributed by atoms with van der Waals surface area (Å²) >= 11 is 12.1. The van der Waals surface area contributed by atoms with Crippen LogP contribution in [0.1, 0.15) is 11.6 Å². The normalized spacial score (nSPS) is 11.2. The molecule has 3 rings (SSSR count). The third kappa shape index (κ3) is 1.85. The Bertz CT molecular complexity index is 678. The first kappa shape index (κ1) is 11.5. The second-order valence-corrected chi connectivity index (χ2v) is 4.38. The molecule has 0 aliphatic carbocycles. The minimum atomic E-state index is 0.295. The van der Waals surface area contributed by atoms with Gasteiger partial charge in [0.05, 0.1) is 28.5 Å². The Morgan fingerprint density at radius 3 is 2.94 bits per heavy atom. The van der Waals surface area contributed by atoms with Crippen molar-refractivity contribution in [3.05, 3.63) is 41.3 Å². The van der Waals surface area contributed by atoms with Crippen molar-refractivity contribution in [1.29, 1.82) is 0 Å². The minimum absolute atomic E-state index is 0.295. The molecule has 0 saturated carbocycles. The van der Waals surface area contributed by atoms with Crippen LogP contribution in [-0.2, 0) is 12.4 Å². The van der Waals surface area contributed by atoms with Gasteiger partial charge in [0.25, 0.3) is 0 Å². The fourth-order valence-electron chi connectivity index (χ4n) is 1.87. The molecular weight excluding hydrogens is 275 g/mol. The summed E-state index contributed by atoms with van der Waals surface area (Å²) in [5, 5.41) is 4.41. The molecule has 2 heterocycles. The molecule has 92 valence electrons. The van der Waals surface area contributed by atoms with Gasteiger partial charge < -0.3 is 9.09 Å². The molecule has 2 aromatic heterocycles. The summed E-state index contributed by atoms with van der Waals surface area (Å²) in [6.45, 7) is 0.429. The van der Waals surface area contributed by atoms with E-state index in [1.165, 1.54) is 6.39 Å². The lowest BCUT2D eigenvalue weighted by Crippen LogP contribution is -2.05. The number of aromatic nitrogens is 4. The number of halogens is 2. The Balaban J connectivity index is 2.19. The first-order chi connectivity index (χ1) is 8.79. The predicted octanol–water partition coefficient (Wildman–Crippen LogP) is 2.86. The fraction of sp³-hybridized carbons (Fsp3) is 0.182. The maximum Gasteiger partial charge on any atom is 0.213 e. The summed E-state index contributed by atoms with van der Waals surface area (Å²) in [6.07, 6.45) is 1.29. The van der Waals surface area contributed by atoms with Gasteiger partial charge in [-0.05, 0) is 12.1 Å². The van der Waals surface area contributed by atoms with Crippen molar-refractivity contribution in [1.82, 2.24) is 19.7 Å². The van der Waals surface area contributed by atoms with E-state index in [9.17, 15) is 0 Å². The van der Waals surface area contributed by atoms with Crippen LogP contribution in [0.4, 0.5) is 0 Å². The molecule has 0 amide bonds. The first-order valence-corrected chi connectivity index (χ1v) is 6.15. The van der Waals surface area contributed by atoms with Crippen LogP contribution in [0.15, 0.2) is 29.1 Å². The molecule has 0 saturated heterocycles. The van der Waals surface area contributed by atoms with Crippen molar-refractivity contribution < 1.29 is 4.52 Å². The summed E-state index contributed by atoms with van der Waals surface area (Å²) in [4.78, 5) is 8.42. The van der Waals surface area contributed by atoms with Gasteiger partial charge in [-0.1, -0.05) is 22.8 Å². The Morgan fingerprint density at radius 1 is 1.33 bits per heavy atom. The zero-order chi connectivity index (χ0) is 12.5. The van der Waals surface area contributed by atoms with Crippen LogP contribution in [0.25, 0.3) is 11.0 Å². The van der Waals surface area contributed by atoms with Gasteiger partial charge in [0.1, 0.15) is 5.82 Å². The molecule has 0 N–H and O–H groups in total. The van der Waals surface area contributed by atoms with Gasteiger partial charge in [-0.25, -0.2) is 4.98 Å². The van der Waals surface area contributed by atoms with Crippen LogP contribution in [0, 0.1) is 0 Å². The Morgan fingerprint density at radius 2 is 2.22 bits per heavy atom. The molecule has 3 aromatic rings. The van der Waals surface area contributed by atoms with E-state index >= 15 is 0 Å². The van der Waals surface area contributed by atoms with E-state index in [0.29, 0.717) is 23.3 Å². The largest absolute Gasteiger partial charge is 0.343 e. The van der Waals surface area contributed by atoms with Gasteiger partial charge in [0.15, 0.2) is 5.82 Å². The molecule has 0 atom stereocenters. The van der Waals surface area contributed by atoms with E-state index in [1.54, 1.807) is 0 Å². The lowest BCUT2D eigenvalue weighted by molar-refractivity contribution is 0.408. The third-order valence-corrected chi connectivity index (χ3v) is 3.17. The van der Waals surface area contributed by atoms with Gasteiger partial charge in [0.2, 0.25) is 6.39 Å². The Labute approximate surface area is 112 Å². The van der Waals surface area contributed by atoms with Gasteiger partial charge >= 0.3 is 0 Å². The highest BCUT2D eigenvalue weighted by atomic mass is 35.5. The van der Waals surface area contributed by atoms with Gasteiger partial charge in [0, 0.05) is 0 Å². The van der Waals surface area contributed by atoms with Crippen LogP contribution in [0.5, 0.6) is 0 Å². The number of nitrogens with zero attached hydrogens (tertiary/aromatic N) is 4. The number of alkyl halides is 1. The molecule has 7 heteroatoms. The smallest absolute Gasteiger partial charge is 0.213 e. The number of hydrogen-bond donors (Lipinski definition) is 0. The average molecular weight is 283 g/mol. The van der Waals surface area contributed by atoms with E-state index in [2.05, 4.69) is 15.1 Å². The zero-order valence-electron chi connectivity index (χ0n) is 9.18. The molecule has 0 unspecified atom stereocenters. The number of imidazole rings is 1. The number of benzene rings is 1. The van der Waals surface area contributed by atoms with E-state index in [1.807, 2.05) is 22.8 Å². The topological polar surface area (TPSA) is 56.7 Å². The van der Waals surface area contributed by atoms with Crippen LogP contribution < -0.4 is 0 Å². The lowest BCUT2D eigenvalue weighted by atomic mass is 10.3. The van der Waals surface area contributed by atoms with Crippen LogP contribution in [-0.4, -0.2) is 19.7 Å². The van der Waals surface area contributed by atoms with Crippen molar-refractivity contribution >= 4 is 34.2 Å². The van der Waals surface area contributed by atoms with E-state index in [-0.39, 0.29) is 0 Å². The monoisotopic (exact) mass is 282 g/mol. The quantitative estimate of drug-likeness (QED) is 0.693. The highest BCUT2D eigenvalue weighted by molar-refractivity contribution is 6.35. The maximum atomic E-state index is 6.20. The molecule has 1 aromatic carbocycles. The summed E-state index contributed by atoms with van der Waals surface area (Å²) in [6, 6.07) is 5.56. The summed E-state index contributed by atoms with van der Waals surface area (Å²) in [5.41, 5.74) is 1.64. The van der Waals surface area contributed by atoms with Gasteiger partial charge in [-0.15, -0.1) is 11.6 Å². The highest BCUT2D eigenvalue weighted by Gasteiger charge is 2.14. The van der Waals surface area contributed by atoms with Crippen LogP contribution in [0.2, 0.25) is 5.02 Å². The van der Waals surface area contributed by atoms with Crippen molar-refractivity contribution in [2.24, 2.45) is 0 Å². The summed E-state index contributed by atoms with van der Waals surface area (Å²) < 4.78 is 6.62. The molecule has 0 aliphatic heterocycles. The Kier molecular flexibility index (Phi) is 2.93. The molecule has 0 spiro atoms. The van der Waals surface area contributed by atoms with Crippen LogP contribution in [0.3, 0.4) is 0 Å². The zero-order valence-corrected chi connectivity index (χ0v) is 10.7. The van der Waals surface area contributed by atoms with Crippen molar-refractivity contribution in [2.45, 2.75) is 12.4 Å². The molecular formula is C11H8Cl2N4O. The fourth-order valence-corrected chi connectivity index (χ4v) is 2.34. The average Bonchev–Trinajstić information content (AvgIpc) is 2.98. The van der Waals surface area contributed by atoms with Crippen molar-refractivity contribution in [3.8, 4) is 0 Å². The minimum Gasteiger partial charge on any atom is -0.343 e. The predicted molar refractivity (Wildman–Crippen MR) is 67.7 cm³/mol. The standard InChI is InChI=1S/C11H8Cl2N4O/c12-4-10-15-8-3-1-2-7(13)11(8)17(10)5-9-14-6-18-16-9/h1-3,6H,4-5H2. The number of para-hydroxylation sites is 1. The summed E-state index contributed by atoms with van der Waals surface area (Å²) in [5.74, 6) is 1.58. The molecule has 18 heavy (non-hydrogen) atoms. The second-order valence-electron chi connectivity index (χ2n) is 3.70. The number of hydrogen-bond acceptors (Lipinski definition) is 4. The number of fused-ring (bicyclic) bond motifs is 1. The third-order valence-electron chi connectivity index (χ3n) is 2.62.